The molecule has 162 valence electrons. The topological polar surface area (TPSA) is 113 Å². The molecule has 2 N–H and O–H groups in total. The number of aromatic nitrogens is 3. The third-order valence-corrected chi connectivity index (χ3v) is 5.54. The van der Waals surface area contributed by atoms with Gasteiger partial charge in [-0.05, 0) is 49.6 Å². The number of benzene rings is 2. The summed E-state index contributed by atoms with van der Waals surface area (Å²) in [5.74, 6) is -0.947. The zero-order chi connectivity index (χ0) is 22.7. The van der Waals surface area contributed by atoms with E-state index in [9.17, 15) is 14.9 Å². The second-order valence-electron chi connectivity index (χ2n) is 7.89. The van der Waals surface area contributed by atoms with E-state index in [1.807, 2.05) is 31.2 Å². The number of nitriles is 1. The average molecular weight is 449 g/mol. The second-order valence-corrected chi connectivity index (χ2v) is 8.33. The van der Waals surface area contributed by atoms with Crippen LogP contribution in [0.15, 0.2) is 54.7 Å². The van der Waals surface area contributed by atoms with Crippen LogP contribution in [0.3, 0.4) is 0 Å². The number of nitrogens with zero attached hydrogens (tertiary/aromatic N) is 4. The molecule has 1 atom stereocenters. The van der Waals surface area contributed by atoms with Crippen LogP contribution in [0.5, 0.6) is 0 Å². The maximum absolute atomic E-state index is 12.9. The van der Waals surface area contributed by atoms with Crippen LogP contribution in [0.25, 0.3) is 5.69 Å². The summed E-state index contributed by atoms with van der Waals surface area (Å²) >= 11 is 5.95. The van der Waals surface area contributed by atoms with Crippen molar-refractivity contribution in [2.45, 2.75) is 37.8 Å². The molecule has 0 bridgehead atoms. The van der Waals surface area contributed by atoms with Crippen molar-refractivity contribution in [2.24, 2.45) is 0 Å². The summed E-state index contributed by atoms with van der Waals surface area (Å²) in [6, 6.07) is 15.8. The SMILES string of the molecule is Cc1ccc(-n2ncc(C(=O)N[C@@H](Cc3ccc(Cl)cc3)C(=O)NC3(C#N)CC3)n2)cc1. The molecule has 0 unspecified atom stereocenters. The largest absolute Gasteiger partial charge is 0.338 e. The van der Waals surface area contributed by atoms with Crippen LogP contribution in [0.2, 0.25) is 5.02 Å². The molecule has 2 amide bonds. The number of halogens is 1. The molecule has 9 heteroatoms. The van der Waals surface area contributed by atoms with Crippen LogP contribution in [-0.2, 0) is 11.2 Å². The van der Waals surface area contributed by atoms with Crippen molar-refractivity contribution in [3.05, 3.63) is 76.6 Å². The lowest BCUT2D eigenvalue weighted by Crippen LogP contribution is -2.51. The van der Waals surface area contributed by atoms with Crippen LogP contribution in [-0.4, -0.2) is 38.4 Å². The summed E-state index contributed by atoms with van der Waals surface area (Å²) in [4.78, 5) is 27.1. The van der Waals surface area contributed by atoms with E-state index >= 15 is 0 Å². The minimum absolute atomic E-state index is 0.0842. The molecule has 1 fully saturated rings. The van der Waals surface area contributed by atoms with Crippen molar-refractivity contribution in [2.75, 3.05) is 0 Å². The molecule has 1 aliphatic rings. The molecule has 1 aromatic heterocycles. The highest BCUT2D eigenvalue weighted by Crippen LogP contribution is 2.34. The van der Waals surface area contributed by atoms with Crippen LogP contribution in [0.4, 0.5) is 0 Å². The fourth-order valence-corrected chi connectivity index (χ4v) is 3.31. The van der Waals surface area contributed by atoms with Crippen molar-refractivity contribution in [1.82, 2.24) is 25.6 Å². The van der Waals surface area contributed by atoms with Gasteiger partial charge in [-0.25, -0.2) is 0 Å². The fourth-order valence-electron chi connectivity index (χ4n) is 3.18. The van der Waals surface area contributed by atoms with Gasteiger partial charge in [0.15, 0.2) is 5.69 Å². The normalized spacial score (nSPS) is 14.8. The number of carbonyl (C=O) groups is 2. The van der Waals surface area contributed by atoms with Gasteiger partial charge in [0.2, 0.25) is 5.91 Å². The molecule has 3 aromatic rings. The number of hydrogen-bond acceptors (Lipinski definition) is 5. The predicted octanol–water partition coefficient (Wildman–Crippen LogP) is 2.74. The van der Waals surface area contributed by atoms with E-state index in [-0.39, 0.29) is 12.1 Å². The van der Waals surface area contributed by atoms with Crippen molar-refractivity contribution >= 4 is 23.4 Å². The Hall–Kier alpha value is -3.70. The zero-order valence-electron chi connectivity index (χ0n) is 17.4. The van der Waals surface area contributed by atoms with E-state index in [1.54, 1.807) is 24.3 Å². The molecule has 4 rings (SSSR count). The minimum atomic E-state index is -0.890. The Labute approximate surface area is 190 Å². The van der Waals surface area contributed by atoms with Crippen LogP contribution in [0, 0.1) is 18.3 Å². The van der Waals surface area contributed by atoms with Gasteiger partial charge >= 0.3 is 0 Å². The molecule has 0 aliphatic heterocycles. The first-order chi connectivity index (χ1) is 15.4. The second kappa shape index (κ2) is 8.81. The number of amides is 2. The lowest BCUT2D eigenvalue weighted by Gasteiger charge is -2.20. The molecular weight excluding hydrogens is 428 g/mol. The summed E-state index contributed by atoms with van der Waals surface area (Å²) in [5, 5.41) is 23.8. The molecule has 1 heterocycles. The number of nitrogens with one attached hydrogen (secondary N) is 2. The Morgan fingerprint density at radius 2 is 1.88 bits per heavy atom. The lowest BCUT2D eigenvalue weighted by atomic mass is 10.0. The Morgan fingerprint density at radius 1 is 1.19 bits per heavy atom. The summed E-state index contributed by atoms with van der Waals surface area (Å²) in [7, 11) is 0. The van der Waals surface area contributed by atoms with Crippen LogP contribution >= 0.6 is 11.6 Å². The quantitative estimate of drug-likeness (QED) is 0.577. The van der Waals surface area contributed by atoms with Gasteiger partial charge in [0.25, 0.3) is 5.91 Å². The molecule has 1 saturated carbocycles. The smallest absolute Gasteiger partial charge is 0.274 e. The van der Waals surface area contributed by atoms with Crippen LogP contribution in [0.1, 0.15) is 34.5 Å². The summed E-state index contributed by atoms with van der Waals surface area (Å²) < 4.78 is 0. The van der Waals surface area contributed by atoms with Crippen molar-refractivity contribution in [3.8, 4) is 11.8 Å². The first kappa shape index (κ1) is 21.5. The molecule has 0 saturated heterocycles. The highest BCUT2D eigenvalue weighted by atomic mass is 35.5. The minimum Gasteiger partial charge on any atom is -0.338 e. The van der Waals surface area contributed by atoms with Crippen molar-refractivity contribution < 1.29 is 9.59 Å². The molecule has 32 heavy (non-hydrogen) atoms. The van der Waals surface area contributed by atoms with Gasteiger partial charge in [0, 0.05) is 11.4 Å². The van der Waals surface area contributed by atoms with E-state index in [0.29, 0.717) is 17.9 Å². The number of aryl methyl sites for hydroxylation is 1. The Kier molecular flexibility index (Phi) is 5.93. The molecule has 1 aliphatic carbocycles. The van der Waals surface area contributed by atoms with E-state index < -0.39 is 23.4 Å². The van der Waals surface area contributed by atoms with Crippen molar-refractivity contribution in [3.63, 3.8) is 0 Å². The van der Waals surface area contributed by atoms with Gasteiger partial charge in [-0.15, -0.1) is 5.10 Å². The standard InChI is InChI=1S/C23H21ClN6O2/c1-15-2-8-18(9-3-15)30-26-13-20(29-30)21(31)27-19(12-16-4-6-17(24)7-5-16)22(32)28-23(14-25)10-11-23/h2-9,13,19H,10-12H2,1H3,(H,27,31)(H,28,32)/t19-/m0/s1. The number of hydrogen-bond donors (Lipinski definition) is 2. The number of rotatable bonds is 7. The summed E-state index contributed by atoms with van der Waals surface area (Å²) in [6.07, 6.45) is 2.79. The van der Waals surface area contributed by atoms with Crippen LogP contribution < -0.4 is 10.6 Å². The average Bonchev–Trinajstić information content (AvgIpc) is 3.38. The third-order valence-electron chi connectivity index (χ3n) is 5.29. The molecule has 0 radical (unpaired) electrons. The Bertz CT molecular complexity index is 1180. The zero-order valence-corrected chi connectivity index (χ0v) is 18.1. The Balaban J connectivity index is 1.51. The van der Waals surface area contributed by atoms with Gasteiger partial charge < -0.3 is 10.6 Å². The number of carbonyl (C=O) groups excluding carboxylic acids is 2. The highest BCUT2D eigenvalue weighted by molar-refractivity contribution is 6.30. The maximum Gasteiger partial charge on any atom is 0.274 e. The lowest BCUT2D eigenvalue weighted by molar-refractivity contribution is -0.123. The summed E-state index contributed by atoms with van der Waals surface area (Å²) in [6.45, 7) is 1.98. The van der Waals surface area contributed by atoms with Gasteiger partial charge in [0.1, 0.15) is 11.6 Å². The highest BCUT2D eigenvalue weighted by Gasteiger charge is 2.45. The molecular formula is C23H21ClN6O2. The van der Waals surface area contributed by atoms with E-state index in [0.717, 1.165) is 16.8 Å². The van der Waals surface area contributed by atoms with Crippen molar-refractivity contribution in [1.29, 1.82) is 5.26 Å². The Morgan fingerprint density at radius 3 is 2.50 bits per heavy atom. The van der Waals surface area contributed by atoms with Gasteiger partial charge in [-0.3, -0.25) is 9.59 Å². The van der Waals surface area contributed by atoms with Gasteiger partial charge in [-0.1, -0.05) is 41.4 Å². The first-order valence-electron chi connectivity index (χ1n) is 10.2. The molecule has 0 spiro atoms. The fraction of sp³-hybridized carbons (Fsp3) is 0.261. The molecule has 2 aromatic carbocycles. The van der Waals surface area contributed by atoms with E-state index in [4.69, 9.17) is 11.6 Å². The monoisotopic (exact) mass is 448 g/mol. The molecule has 8 nitrogen and oxygen atoms in total. The third kappa shape index (κ3) is 4.95. The maximum atomic E-state index is 12.9. The van der Waals surface area contributed by atoms with E-state index in [2.05, 4.69) is 26.9 Å². The summed E-state index contributed by atoms with van der Waals surface area (Å²) in [5.41, 5.74) is 1.88. The van der Waals surface area contributed by atoms with Gasteiger partial charge in [0.05, 0.1) is 18.0 Å². The van der Waals surface area contributed by atoms with E-state index in [1.165, 1.54) is 11.0 Å². The predicted molar refractivity (Wildman–Crippen MR) is 118 cm³/mol. The van der Waals surface area contributed by atoms with Gasteiger partial charge in [-0.2, -0.15) is 15.2 Å². The first-order valence-corrected chi connectivity index (χ1v) is 10.5.